The van der Waals surface area contributed by atoms with Gasteiger partial charge in [0.15, 0.2) is 11.6 Å². The van der Waals surface area contributed by atoms with Crippen LogP contribution in [0.3, 0.4) is 0 Å². The van der Waals surface area contributed by atoms with Crippen LogP contribution >= 0.6 is 0 Å². The Labute approximate surface area is 94.9 Å². The maximum Gasteiger partial charge on any atom is 0.389 e. The maximum atomic E-state index is 13.0. The summed E-state index contributed by atoms with van der Waals surface area (Å²) < 4.78 is 60.8. The normalized spacial score (nSPS) is 11.6. The van der Waals surface area contributed by atoms with Gasteiger partial charge in [0, 0.05) is 19.0 Å². The fraction of sp³-hybridized carbons (Fsp3) is 0.500. The van der Waals surface area contributed by atoms with E-state index in [-0.39, 0.29) is 25.2 Å². The molecular formula is C10H11F5N2. The van der Waals surface area contributed by atoms with Crippen LogP contribution in [0.5, 0.6) is 0 Å². The second kappa shape index (κ2) is 5.79. The summed E-state index contributed by atoms with van der Waals surface area (Å²) in [5.74, 6) is -1.82. The van der Waals surface area contributed by atoms with E-state index in [9.17, 15) is 22.0 Å². The Kier molecular flexibility index (Phi) is 4.65. The van der Waals surface area contributed by atoms with Crippen LogP contribution in [0.1, 0.15) is 19.3 Å². The lowest BCUT2D eigenvalue weighted by Gasteiger charge is -2.07. The third kappa shape index (κ3) is 5.46. The summed E-state index contributed by atoms with van der Waals surface area (Å²) in [6.07, 6.45) is -4.01. The van der Waals surface area contributed by atoms with Gasteiger partial charge in [-0.2, -0.15) is 13.2 Å². The molecule has 0 amide bonds. The fourth-order valence-electron chi connectivity index (χ4n) is 1.20. The molecule has 0 atom stereocenters. The largest absolute Gasteiger partial charge is 0.389 e. The van der Waals surface area contributed by atoms with Crippen molar-refractivity contribution in [1.29, 1.82) is 0 Å². The summed E-state index contributed by atoms with van der Waals surface area (Å²) in [6.45, 7) is 0.158. The predicted molar refractivity (Wildman–Crippen MR) is 52.5 cm³/mol. The van der Waals surface area contributed by atoms with E-state index in [1.54, 1.807) is 0 Å². The van der Waals surface area contributed by atoms with Crippen molar-refractivity contribution in [1.82, 2.24) is 4.98 Å². The molecule has 0 spiro atoms. The summed E-state index contributed by atoms with van der Waals surface area (Å²) in [6, 6.07) is 0.658. The first-order valence-electron chi connectivity index (χ1n) is 5.00. The number of anilines is 1. The Morgan fingerprint density at radius 1 is 1.18 bits per heavy atom. The predicted octanol–water partition coefficient (Wildman–Crippen LogP) is 3.50. The molecule has 0 saturated carbocycles. The van der Waals surface area contributed by atoms with Gasteiger partial charge in [0.05, 0.1) is 6.20 Å². The molecule has 0 radical (unpaired) electrons. The van der Waals surface area contributed by atoms with Gasteiger partial charge < -0.3 is 5.32 Å². The van der Waals surface area contributed by atoms with E-state index in [1.165, 1.54) is 0 Å². The molecule has 1 heterocycles. The minimum absolute atomic E-state index is 0.0423. The molecule has 0 aliphatic rings. The molecule has 0 unspecified atom stereocenters. The lowest BCUT2D eigenvalue weighted by atomic mass is 10.2. The quantitative estimate of drug-likeness (QED) is 0.642. The number of hydrogen-bond acceptors (Lipinski definition) is 2. The molecule has 0 saturated heterocycles. The van der Waals surface area contributed by atoms with Crippen molar-refractivity contribution in [2.75, 3.05) is 11.9 Å². The van der Waals surface area contributed by atoms with Gasteiger partial charge in [-0.15, -0.1) is 0 Å². The third-order valence-electron chi connectivity index (χ3n) is 1.99. The van der Waals surface area contributed by atoms with Crippen LogP contribution in [-0.2, 0) is 0 Å². The SMILES string of the molecule is Fc1cnc(NCCCCC(F)(F)F)c(F)c1. The molecule has 96 valence electrons. The van der Waals surface area contributed by atoms with Crippen LogP contribution in [0.2, 0.25) is 0 Å². The zero-order valence-corrected chi connectivity index (χ0v) is 8.82. The first-order valence-corrected chi connectivity index (χ1v) is 5.00. The highest BCUT2D eigenvalue weighted by Gasteiger charge is 2.25. The molecule has 0 aliphatic heterocycles. The first-order chi connectivity index (χ1) is 7.88. The molecule has 0 aliphatic carbocycles. The highest BCUT2D eigenvalue weighted by Crippen LogP contribution is 2.22. The average molecular weight is 254 g/mol. The summed E-state index contributed by atoms with van der Waals surface area (Å²) in [7, 11) is 0. The van der Waals surface area contributed by atoms with Crippen LogP contribution in [-0.4, -0.2) is 17.7 Å². The first kappa shape index (κ1) is 13.7. The van der Waals surface area contributed by atoms with Crippen molar-refractivity contribution >= 4 is 5.82 Å². The molecule has 1 aromatic rings. The van der Waals surface area contributed by atoms with Crippen LogP contribution in [0.25, 0.3) is 0 Å². The molecule has 7 heteroatoms. The van der Waals surface area contributed by atoms with E-state index in [0.29, 0.717) is 6.07 Å². The second-order valence-corrected chi connectivity index (χ2v) is 3.48. The molecule has 0 aromatic carbocycles. The topological polar surface area (TPSA) is 24.9 Å². The summed E-state index contributed by atoms with van der Waals surface area (Å²) in [5.41, 5.74) is 0. The number of pyridine rings is 1. The standard InChI is InChI=1S/C10H11F5N2/c11-7-5-8(12)9(17-6-7)16-4-2-1-3-10(13,14)15/h5-6H,1-4H2,(H,16,17). The lowest BCUT2D eigenvalue weighted by molar-refractivity contribution is -0.135. The molecule has 1 aromatic heterocycles. The zero-order chi connectivity index (χ0) is 12.9. The van der Waals surface area contributed by atoms with E-state index in [1.807, 2.05) is 0 Å². The zero-order valence-electron chi connectivity index (χ0n) is 8.82. The number of rotatable bonds is 5. The Balaban J connectivity index is 2.27. The highest BCUT2D eigenvalue weighted by atomic mass is 19.4. The molecule has 0 fully saturated rings. The van der Waals surface area contributed by atoms with Gasteiger partial charge >= 0.3 is 6.18 Å². The average Bonchev–Trinajstić information content (AvgIpc) is 2.18. The van der Waals surface area contributed by atoms with E-state index in [2.05, 4.69) is 10.3 Å². The number of aromatic nitrogens is 1. The molecule has 17 heavy (non-hydrogen) atoms. The third-order valence-corrected chi connectivity index (χ3v) is 1.99. The highest BCUT2D eigenvalue weighted by molar-refractivity contribution is 5.35. The summed E-state index contributed by atoms with van der Waals surface area (Å²) >= 11 is 0. The maximum absolute atomic E-state index is 13.0. The van der Waals surface area contributed by atoms with Gasteiger partial charge in [0.25, 0.3) is 0 Å². The summed E-state index contributed by atoms with van der Waals surface area (Å²) in [4.78, 5) is 3.44. The smallest absolute Gasteiger partial charge is 0.368 e. The van der Waals surface area contributed by atoms with E-state index in [0.717, 1.165) is 6.20 Å². The monoisotopic (exact) mass is 254 g/mol. The van der Waals surface area contributed by atoms with Crippen LogP contribution < -0.4 is 5.32 Å². The summed E-state index contributed by atoms with van der Waals surface area (Å²) in [5, 5.41) is 2.51. The lowest BCUT2D eigenvalue weighted by Crippen LogP contribution is -2.09. The molecular weight excluding hydrogens is 243 g/mol. The van der Waals surface area contributed by atoms with Gasteiger partial charge in [-0.25, -0.2) is 13.8 Å². The van der Waals surface area contributed by atoms with Crippen LogP contribution in [0.15, 0.2) is 12.3 Å². The second-order valence-electron chi connectivity index (χ2n) is 3.48. The minimum atomic E-state index is -4.17. The van der Waals surface area contributed by atoms with Crippen molar-refractivity contribution in [3.8, 4) is 0 Å². The number of hydrogen-bond donors (Lipinski definition) is 1. The molecule has 1 rings (SSSR count). The van der Waals surface area contributed by atoms with Gasteiger partial charge in [-0.1, -0.05) is 0 Å². The molecule has 1 N–H and O–H groups in total. The Morgan fingerprint density at radius 3 is 2.47 bits per heavy atom. The van der Waals surface area contributed by atoms with Gasteiger partial charge in [0.2, 0.25) is 0 Å². The van der Waals surface area contributed by atoms with E-state index >= 15 is 0 Å². The van der Waals surface area contributed by atoms with E-state index < -0.39 is 24.2 Å². The number of alkyl halides is 3. The van der Waals surface area contributed by atoms with Crippen molar-refractivity contribution in [3.05, 3.63) is 23.9 Å². The number of nitrogens with one attached hydrogen (secondary N) is 1. The Hall–Kier alpha value is -1.40. The number of nitrogens with zero attached hydrogens (tertiary/aromatic N) is 1. The van der Waals surface area contributed by atoms with Crippen molar-refractivity contribution in [2.45, 2.75) is 25.4 Å². The number of halogens is 5. The number of unbranched alkanes of at least 4 members (excludes halogenated alkanes) is 1. The van der Waals surface area contributed by atoms with Crippen molar-refractivity contribution in [3.63, 3.8) is 0 Å². The fourth-order valence-corrected chi connectivity index (χ4v) is 1.20. The van der Waals surface area contributed by atoms with Gasteiger partial charge in [-0.05, 0) is 12.8 Å². The van der Waals surface area contributed by atoms with Crippen LogP contribution in [0, 0.1) is 11.6 Å². The van der Waals surface area contributed by atoms with Crippen molar-refractivity contribution < 1.29 is 22.0 Å². The molecule has 0 bridgehead atoms. The van der Waals surface area contributed by atoms with Crippen molar-refractivity contribution in [2.24, 2.45) is 0 Å². The minimum Gasteiger partial charge on any atom is -0.368 e. The van der Waals surface area contributed by atoms with Gasteiger partial charge in [-0.3, -0.25) is 0 Å². The molecule has 2 nitrogen and oxygen atoms in total. The van der Waals surface area contributed by atoms with E-state index in [4.69, 9.17) is 0 Å². The Morgan fingerprint density at radius 2 is 1.88 bits per heavy atom. The Bertz CT molecular complexity index is 364. The van der Waals surface area contributed by atoms with Crippen LogP contribution in [0.4, 0.5) is 27.8 Å². The van der Waals surface area contributed by atoms with Gasteiger partial charge in [0.1, 0.15) is 5.82 Å².